The van der Waals surface area contributed by atoms with Crippen molar-refractivity contribution < 1.29 is 9.31 Å². The highest BCUT2D eigenvalue weighted by molar-refractivity contribution is 6.52. The van der Waals surface area contributed by atoms with Crippen molar-refractivity contribution in [2.45, 2.75) is 45.3 Å². The first kappa shape index (κ1) is 15.3. The third-order valence-corrected chi connectivity index (χ3v) is 4.13. The van der Waals surface area contributed by atoms with Crippen molar-refractivity contribution in [3.8, 4) is 0 Å². The van der Waals surface area contributed by atoms with Gasteiger partial charge in [-0.15, -0.1) is 0 Å². The van der Waals surface area contributed by atoms with Crippen LogP contribution in [-0.4, -0.2) is 24.9 Å². The van der Waals surface area contributed by atoms with E-state index in [2.05, 4.69) is 52.0 Å². The molecule has 0 aromatic heterocycles. The summed E-state index contributed by atoms with van der Waals surface area (Å²) in [7, 11) is -0.288. The number of rotatable bonds is 4. The molecule has 2 rings (SSSR count). The van der Waals surface area contributed by atoms with Crippen molar-refractivity contribution in [3.05, 3.63) is 41.4 Å². The van der Waals surface area contributed by atoms with Crippen LogP contribution in [0.3, 0.4) is 0 Å². The molecule has 1 aromatic carbocycles. The first-order chi connectivity index (χ1) is 9.34. The maximum absolute atomic E-state index is 5.92. The topological polar surface area (TPSA) is 44.5 Å². The summed E-state index contributed by atoms with van der Waals surface area (Å²) < 4.78 is 11.8. The van der Waals surface area contributed by atoms with Gasteiger partial charge in [-0.1, -0.05) is 36.3 Å². The second-order valence-corrected chi connectivity index (χ2v) is 6.26. The normalized spacial score (nSPS) is 20.8. The minimum absolute atomic E-state index is 0.285. The van der Waals surface area contributed by atoms with Crippen LogP contribution in [0.1, 0.15) is 38.8 Å². The largest absolute Gasteiger partial charge is 0.487 e. The summed E-state index contributed by atoms with van der Waals surface area (Å²) in [6, 6.07) is 8.40. The number of hydrogen-bond donors (Lipinski definition) is 1. The number of benzene rings is 1. The van der Waals surface area contributed by atoms with Crippen molar-refractivity contribution in [1.29, 1.82) is 0 Å². The summed E-state index contributed by atoms with van der Waals surface area (Å²) in [5.41, 5.74) is 7.38. The van der Waals surface area contributed by atoms with Gasteiger partial charge >= 0.3 is 7.12 Å². The first-order valence-corrected chi connectivity index (χ1v) is 7.17. The molecule has 0 radical (unpaired) electrons. The van der Waals surface area contributed by atoms with Gasteiger partial charge in [-0.2, -0.15) is 0 Å². The molecule has 1 saturated heterocycles. The molecule has 0 amide bonds. The Hall–Kier alpha value is -1.10. The van der Waals surface area contributed by atoms with Gasteiger partial charge in [-0.3, -0.25) is 0 Å². The van der Waals surface area contributed by atoms with Crippen LogP contribution in [0.4, 0.5) is 0 Å². The zero-order valence-corrected chi connectivity index (χ0v) is 12.8. The van der Waals surface area contributed by atoms with E-state index < -0.39 is 0 Å². The van der Waals surface area contributed by atoms with Crippen molar-refractivity contribution >= 4 is 13.2 Å². The Morgan fingerprint density at radius 1 is 1.05 bits per heavy atom. The predicted molar refractivity (Wildman–Crippen MR) is 84.3 cm³/mol. The van der Waals surface area contributed by atoms with Gasteiger partial charge in [0, 0.05) is 0 Å². The van der Waals surface area contributed by atoms with E-state index in [1.165, 1.54) is 5.56 Å². The van der Waals surface area contributed by atoms with E-state index in [4.69, 9.17) is 15.0 Å². The fourth-order valence-corrected chi connectivity index (χ4v) is 2.12. The predicted octanol–water partition coefficient (Wildman–Crippen LogP) is 2.83. The van der Waals surface area contributed by atoms with Crippen LogP contribution in [0, 0.1) is 0 Å². The smallest absolute Gasteiger partial charge is 0.400 e. The minimum atomic E-state index is -0.288. The lowest BCUT2D eigenvalue weighted by atomic mass is 9.89. The number of nitrogens with two attached hydrogens (primary N) is 1. The molecule has 20 heavy (non-hydrogen) atoms. The van der Waals surface area contributed by atoms with Crippen LogP contribution < -0.4 is 5.73 Å². The van der Waals surface area contributed by atoms with Gasteiger partial charge < -0.3 is 15.0 Å². The molecule has 1 heterocycles. The molecule has 0 atom stereocenters. The lowest BCUT2D eigenvalue weighted by molar-refractivity contribution is 0.00578. The van der Waals surface area contributed by atoms with Crippen molar-refractivity contribution in [3.63, 3.8) is 0 Å². The van der Waals surface area contributed by atoms with Crippen LogP contribution in [0.15, 0.2) is 30.2 Å². The Morgan fingerprint density at radius 3 is 2.10 bits per heavy atom. The quantitative estimate of drug-likeness (QED) is 0.858. The van der Waals surface area contributed by atoms with Crippen molar-refractivity contribution in [1.82, 2.24) is 0 Å². The van der Waals surface area contributed by atoms with E-state index in [9.17, 15) is 0 Å². The van der Waals surface area contributed by atoms with Gasteiger partial charge in [0.25, 0.3) is 0 Å². The molecule has 108 valence electrons. The second kappa shape index (κ2) is 5.72. The Balaban J connectivity index is 2.00. The van der Waals surface area contributed by atoms with Crippen molar-refractivity contribution in [2.24, 2.45) is 5.73 Å². The maximum Gasteiger partial charge on any atom is 0.487 e. The van der Waals surface area contributed by atoms with Crippen LogP contribution in [0.5, 0.6) is 0 Å². The van der Waals surface area contributed by atoms with E-state index in [0.717, 1.165) is 12.0 Å². The molecule has 0 bridgehead atoms. The number of hydrogen-bond acceptors (Lipinski definition) is 3. The van der Waals surface area contributed by atoms with Gasteiger partial charge in [-0.05, 0) is 51.8 Å². The molecule has 1 aliphatic heterocycles. The van der Waals surface area contributed by atoms with Gasteiger partial charge in [0.15, 0.2) is 0 Å². The molecule has 0 aliphatic carbocycles. The Bertz CT molecular complexity index is 464. The van der Waals surface area contributed by atoms with Crippen molar-refractivity contribution in [2.75, 3.05) is 6.54 Å². The highest BCUT2D eigenvalue weighted by Gasteiger charge is 2.49. The maximum atomic E-state index is 5.92. The fourth-order valence-electron chi connectivity index (χ4n) is 2.12. The summed E-state index contributed by atoms with van der Waals surface area (Å²) >= 11 is 0. The van der Waals surface area contributed by atoms with Crippen LogP contribution in [0.2, 0.25) is 0 Å². The van der Waals surface area contributed by atoms with Crippen LogP contribution in [0.25, 0.3) is 6.08 Å². The van der Waals surface area contributed by atoms with Gasteiger partial charge in [-0.25, -0.2) is 0 Å². The average molecular weight is 273 g/mol. The Morgan fingerprint density at radius 2 is 1.60 bits per heavy atom. The van der Waals surface area contributed by atoms with Crippen LogP contribution in [-0.2, 0) is 15.7 Å². The van der Waals surface area contributed by atoms with Gasteiger partial charge in [0.1, 0.15) is 0 Å². The molecule has 4 heteroatoms. The summed E-state index contributed by atoms with van der Waals surface area (Å²) in [6.07, 6.45) is 2.95. The van der Waals surface area contributed by atoms with Gasteiger partial charge in [0.05, 0.1) is 11.2 Å². The Labute approximate surface area is 122 Å². The van der Waals surface area contributed by atoms with E-state index >= 15 is 0 Å². The molecule has 1 aliphatic rings. The summed E-state index contributed by atoms with van der Waals surface area (Å²) in [5.74, 6) is 1.97. The highest BCUT2D eigenvalue weighted by atomic mass is 16.7. The SMILES string of the molecule is CC1(C)OB(/C=C/c2ccc(CCN)cc2)OC1(C)C. The minimum Gasteiger partial charge on any atom is -0.400 e. The Kier molecular flexibility index (Phi) is 4.38. The lowest BCUT2D eigenvalue weighted by Gasteiger charge is -2.32. The monoisotopic (exact) mass is 273 g/mol. The lowest BCUT2D eigenvalue weighted by Crippen LogP contribution is -2.41. The molecule has 0 spiro atoms. The molecular weight excluding hydrogens is 249 g/mol. The molecule has 3 nitrogen and oxygen atoms in total. The first-order valence-electron chi connectivity index (χ1n) is 7.17. The molecular formula is C16H24BNO2. The average Bonchev–Trinajstić information content (AvgIpc) is 2.57. The standard InChI is InChI=1S/C16H24BNO2/c1-15(2)16(3,4)20-17(19-15)11-9-13-5-7-14(8-6-13)10-12-18/h5-9,11H,10,12,18H2,1-4H3/b11-9+. The van der Waals surface area contributed by atoms with E-state index in [-0.39, 0.29) is 18.3 Å². The molecule has 2 N–H and O–H groups in total. The fraction of sp³-hybridized carbons (Fsp3) is 0.500. The zero-order chi connectivity index (χ0) is 14.8. The van der Waals surface area contributed by atoms with Gasteiger partial charge in [0.2, 0.25) is 0 Å². The van der Waals surface area contributed by atoms with E-state index in [1.807, 2.05) is 12.1 Å². The highest BCUT2D eigenvalue weighted by Crippen LogP contribution is 2.36. The third-order valence-electron chi connectivity index (χ3n) is 4.13. The molecule has 1 aromatic rings. The molecule has 0 saturated carbocycles. The summed E-state index contributed by atoms with van der Waals surface area (Å²) in [4.78, 5) is 0. The molecule has 1 fully saturated rings. The van der Waals surface area contributed by atoms with Crippen LogP contribution >= 0.6 is 0 Å². The van der Waals surface area contributed by atoms with E-state index in [0.29, 0.717) is 6.54 Å². The third kappa shape index (κ3) is 3.32. The summed E-state index contributed by atoms with van der Waals surface area (Å²) in [5, 5.41) is 0. The molecule has 0 unspecified atom stereocenters. The summed E-state index contributed by atoms with van der Waals surface area (Å²) in [6.45, 7) is 8.92. The van der Waals surface area contributed by atoms with E-state index in [1.54, 1.807) is 0 Å². The second-order valence-electron chi connectivity index (χ2n) is 6.26. The zero-order valence-electron chi connectivity index (χ0n) is 12.8.